The Morgan fingerprint density at radius 1 is 1.07 bits per heavy atom. The number of aliphatic hydroxyl groups excluding tert-OH is 1. The molecular weight excluding hydrogens is 500 g/mol. The zero-order valence-electron chi connectivity index (χ0n) is 16.2. The number of Topliss-reactive ketones (excluding diaryl/α,β-unsaturated/α-hetero) is 1. The Kier molecular flexibility index (Phi) is 6.93. The third-order valence-corrected chi connectivity index (χ3v) is 5.85. The van der Waals surface area contributed by atoms with Gasteiger partial charge in [-0.2, -0.15) is 0 Å². The molecule has 29 heavy (non-hydrogen) atoms. The van der Waals surface area contributed by atoms with E-state index in [1.165, 1.54) is 0 Å². The normalized spacial score (nSPS) is 18.7. The molecule has 1 saturated heterocycles. The fourth-order valence-electron chi connectivity index (χ4n) is 3.45. The molecule has 1 atom stereocenters. The molecule has 0 aliphatic carbocycles. The lowest BCUT2D eigenvalue weighted by molar-refractivity contribution is -0.139. The number of hydrogen-bond acceptors (Lipinski definition) is 4. The van der Waals surface area contributed by atoms with E-state index in [9.17, 15) is 14.7 Å². The van der Waals surface area contributed by atoms with Crippen LogP contribution in [0.4, 0.5) is 0 Å². The van der Waals surface area contributed by atoms with Crippen LogP contribution < -0.4 is 0 Å². The molecule has 0 saturated carbocycles. The first-order valence-electron chi connectivity index (χ1n) is 9.24. The maximum absolute atomic E-state index is 12.9. The average Bonchev–Trinajstić information content (AvgIpc) is 2.93. The van der Waals surface area contributed by atoms with Crippen molar-refractivity contribution in [2.24, 2.45) is 0 Å². The van der Waals surface area contributed by atoms with Gasteiger partial charge in [-0.15, -0.1) is 0 Å². The van der Waals surface area contributed by atoms with Crippen LogP contribution in [0.2, 0.25) is 0 Å². The Balaban J connectivity index is 2.09. The fourth-order valence-corrected chi connectivity index (χ4v) is 4.14. The van der Waals surface area contributed by atoms with Gasteiger partial charge in [0.15, 0.2) is 0 Å². The molecule has 5 nitrogen and oxygen atoms in total. The van der Waals surface area contributed by atoms with Crippen molar-refractivity contribution in [1.82, 2.24) is 9.80 Å². The summed E-state index contributed by atoms with van der Waals surface area (Å²) < 4.78 is 1.71. The SMILES string of the molecule is CN(C)CCCN1C(=O)C(=O)C(=C(O)c2ccc(Br)cc2)[C@H]1c1cccc(Br)c1. The van der Waals surface area contributed by atoms with Crippen molar-refractivity contribution in [2.45, 2.75) is 12.5 Å². The van der Waals surface area contributed by atoms with Crippen LogP contribution in [0.3, 0.4) is 0 Å². The summed E-state index contributed by atoms with van der Waals surface area (Å²) in [5.41, 5.74) is 1.40. The first kappa shape index (κ1) is 21.7. The highest BCUT2D eigenvalue weighted by Gasteiger charge is 2.45. The maximum atomic E-state index is 12.9. The number of ketones is 1. The van der Waals surface area contributed by atoms with E-state index in [0.29, 0.717) is 12.1 Å². The highest BCUT2D eigenvalue weighted by Crippen LogP contribution is 2.40. The number of hydrogen-bond donors (Lipinski definition) is 1. The van der Waals surface area contributed by atoms with E-state index in [1.54, 1.807) is 29.2 Å². The summed E-state index contributed by atoms with van der Waals surface area (Å²) in [4.78, 5) is 29.4. The van der Waals surface area contributed by atoms with Crippen molar-refractivity contribution >= 4 is 49.3 Å². The average molecular weight is 522 g/mol. The molecule has 7 heteroatoms. The van der Waals surface area contributed by atoms with Crippen LogP contribution in [0.15, 0.2) is 63.0 Å². The molecule has 1 fully saturated rings. The molecule has 2 aromatic rings. The number of likely N-dealkylation sites (tertiary alicyclic amines) is 1. The topological polar surface area (TPSA) is 60.9 Å². The van der Waals surface area contributed by atoms with Gasteiger partial charge in [0.1, 0.15) is 5.76 Å². The summed E-state index contributed by atoms with van der Waals surface area (Å²) in [5, 5.41) is 11.0. The van der Waals surface area contributed by atoms with Gasteiger partial charge in [-0.3, -0.25) is 9.59 Å². The number of amides is 1. The van der Waals surface area contributed by atoms with Gasteiger partial charge >= 0.3 is 0 Å². The monoisotopic (exact) mass is 520 g/mol. The number of carbonyl (C=O) groups excluding carboxylic acids is 2. The van der Waals surface area contributed by atoms with Crippen LogP contribution in [0.1, 0.15) is 23.6 Å². The van der Waals surface area contributed by atoms with Crippen molar-refractivity contribution in [1.29, 1.82) is 0 Å². The smallest absolute Gasteiger partial charge is 0.295 e. The number of halogens is 2. The van der Waals surface area contributed by atoms with Crippen molar-refractivity contribution in [3.05, 3.63) is 74.2 Å². The number of rotatable bonds is 6. The second kappa shape index (κ2) is 9.24. The standard InChI is InChI=1S/C22H22Br2N2O3/c1-25(2)11-4-12-26-19(15-5-3-6-17(24)13-15)18(21(28)22(26)29)20(27)14-7-9-16(23)10-8-14/h3,5-10,13,19,27H,4,11-12H2,1-2H3/t19-/m1/s1. The highest BCUT2D eigenvalue weighted by atomic mass is 79.9. The van der Waals surface area contributed by atoms with Gasteiger partial charge in [-0.05, 0) is 56.9 Å². The highest BCUT2D eigenvalue weighted by molar-refractivity contribution is 9.10. The van der Waals surface area contributed by atoms with Gasteiger partial charge in [-0.1, -0.05) is 56.1 Å². The fraction of sp³-hybridized carbons (Fsp3) is 0.273. The largest absolute Gasteiger partial charge is 0.507 e. The Bertz CT molecular complexity index is 955. The second-order valence-electron chi connectivity index (χ2n) is 7.21. The van der Waals surface area contributed by atoms with E-state index in [1.807, 2.05) is 43.3 Å². The molecular formula is C22H22Br2N2O3. The van der Waals surface area contributed by atoms with Gasteiger partial charge < -0.3 is 14.9 Å². The summed E-state index contributed by atoms with van der Waals surface area (Å²) in [5.74, 6) is -1.39. The Hall–Kier alpha value is -1.96. The molecule has 3 rings (SSSR count). The minimum absolute atomic E-state index is 0.125. The first-order chi connectivity index (χ1) is 13.8. The number of aliphatic hydroxyl groups is 1. The van der Waals surface area contributed by atoms with Crippen LogP contribution in [0, 0.1) is 0 Å². The van der Waals surface area contributed by atoms with Gasteiger partial charge in [0, 0.05) is 21.1 Å². The molecule has 2 aromatic carbocycles. The van der Waals surface area contributed by atoms with Gasteiger partial charge in [0.25, 0.3) is 11.7 Å². The van der Waals surface area contributed by atoms with E-state index in [-0.39, 0.29) is 11.3 Å². The number of benzene rings is 2. The minimum atomic E-state index is -0.653. The summed E-state index contributed by atoms with van der Waals surface area (Å²) >= 11 is 6.83. The van der Waals surface area contributed by atoms with Crippen molar-refractivity contribution in [3.63, 3.8) is 0 Å². The lowest BCUT2D eigenvalue weighted by Crippen LogP contribution is -2.32. The molecule has 1 heterocycles. The van der Waals surface area contributed by atoms with Gasteiger partial charge in [0.05, 0.1) is 11.6 Å². The summed E-state index contributed by atoms with van der Waals surface area (Å²) in [7, 11) is 3.93. The Morgan fingerprint density at radius 2 is 1.76 bits per heavy atom. The van der Waals surface area contributed by atoms with Crippen LogP contribution in [-0.4, -0.2) is 53.8 Å². The zero-order chi connectivity index (χ0) is 21.1. The lowest BCUT2D eigenvalue weighted by Gasteiger charge is -2.26. The van der Waals surface area contributed by atoms with Crippen LogP contribution in [0.5, 0.6) is 0 Å². The Morgan fingerprint density at radius 3 is 2.38 bits per heavy atom. The molecule has 0 spiro atoms. The van der Waals surface area contributed by atoms with E-state index in [4.69, 9.17) is 0 Å². The zero-order valence-corrected chi connectivity index (χ0v) is 19.4. The van der Waals surface area contributed by atoms with Gasteiger partial charge in [0.2, 0.25) is 0 Å². The quantitative estimate of drug-likeness (QED) is 0.343. The minimum Gasteiger partial charge on any atom is -0.507 e. The summed E-state index contributed by atoms with van der Waals surface area (Å²) in [6.07, 6.45) is 0.725. The van der Waals surface area contributed by atoms with Crippen molar-refractivity contribution < 1.29 is 14.7 Å². The van der Waals surface area contributed by atoms with E-state index in [2.05, 4.69) is 31.9 Å². The number of carbonyl (C=O) groups is 2. The summed E-state index contributed by atoms with van der Waals surface area (Å²) in [6, 6.07) is 13.9. The second-order valence-corrected chi connectivity index (χ2v) is 9.04. The molecule has 0 bridgehead atoms. The molecule has 0 radical (unpaired) electrons. The third kappa shape index (κ3) is 4.79. The molecule has 1 N–H and O–H groups in total. The van der Waals surface area contributed by atoms with Crippen molar-refractivity contribution in [3.8, 4) is 0 Å². The third-order valence-electron chi connectivity index (χ3n) is 4.83. The van der Waals surface area contributed by atoms with Crippen molar-refractivity contribution in [2.75, 3.05) is 27.2 Å². The van der Waals surface area contributed by atoms with Crippen LogP contribution in [-0.2, 0) is 9.59 Å². The van der Waals surface area contributed by atoms with E-state index < -0.39 is 17.7 Å². The summed E-state index contributed by atoms with van der Waals surface area (Å²) in [6.45, 7) is 1.22. The van der Waals surface area contributed by atoms with Crippen LogP contribution in [0.25, 0.3) is 5.76 Å². The predicted molar refractivity (Wildman–Crippen MR) is 120 cm³/mol. The molecule has 1 aliphatic rings. The molecule has 152 valence electrons. The maximum Gasteiger partial charge on any atom is 0.295 e. The molecule has 1 aliphatic heterocycles. The van der Waals surface area contributed by atoms with Gasteiger partial charge in [-0.25, -0.2) is 0 Å². The number of nitrogens with zero attached hydrogens (tertiary/aromatic N) is 2. The lowest BCUT2D eigenvalue weighted by atomic mass is 9.95. The van der Waals surface area contributed by atoms with E-state index >= 15 is 0 Å². The first-order valence-corrected chi connectivity index (χ1v) is 10.8. The predicted octanol–water partition coefficient (Wildman–Crippen LogP) is 4.59. The Labute approximate surface area is 187 Å². The van der Waals surface area contributed by atoms with E-state index in [0.717, 1.165) is 27.5 Å². The van der Waals surface area contributed by atoms with Crippen LogP contribution >= 0.6 is 31.9 Å². The molecule has 0 aromatic heterocycles. The molecule has 0 unspecified atom stereocenters. The molecule has 1 amide bonds.